The molecule has 2 heterocycles. The number of benzene rings is 4. The lowest BCUT2D eigenvalue weighted by atomic mass is 9.90. The van der Waals surface area contributed by atoms with Crippen molar-refractivity contribution in [3.05, 3.63) is 108 Å². The highest BCUT2D eigenvalue weighted by molar-refractivity contribution is 6.13. The van der Waals surface area contributed by atoms with Crippen LogP contribution in [-0.2, 0) is 19.8 Å². The van der Waals surface area contributed by atoms with Crippen LogP contribution in [0, 0.1) is 18.2 Å². The number of hydrogen-bond donors (Lipinski definition) is 0. The van der Waals surface area contributed by atoms with Gasteiger partial charge < -0.3 is 4.42 Å². The van der Waals surface area contributed by atoms with Gasteiger partial charge in [0.15, 0.2) is 5.58 Å². The Morgan fingerprint density at radius 2 is 1.61 bits per heavy atom. The van der Waals surface area contributed by atoms with Crippen LogP contribution in [0.4, 0.5) is 4.39 Å². The van der Waals surface area contributed by atoms with Gasteiger partial charge in [0.25, 0.3) is 5.82 Å². The van der Waals surface area contributed by atoms with Gasteiger partial charge in [-0.2, -0.15) is 4.57 Å². The first-order chi connectivity index (χ1) is 19.9. The van der Waals surface area contributed by atoms with Crippen LogP contribution in [0.2, 0.25) is 0 Å². The molecule has 1 aliphatic rings. The van der Waals surface area contributed by atoms with Crippen LogP contribution in [0.15, 0.2) is 89.6 Å². The smallest absolute Gasteiger partial charge is 0.297 e. The summed E-state index contributed by atoms with van der Waals surface area (Å²) in [6, 6.07) is 22.1. The fraction of sp³-hybridized carbons (Fsp3) is 0.206. The number of para-hydroxylation sites is 1. The highest BCUT2D eigenvalue weighted by atomic mass is 19.1. The number of imidazole rings is 1. The lowest BCUT2D eigenvalue weighted by Gasteiger charge is -2.14. The minimum atomic E-state index is -1.96. The second-order valence-corrected chi connectivity index (χ2v) is 10.6. The van der Waals surface area contributed by atoms with E-state index in [-0.39, 0.29) is 11.1 Å². The molecule has 3 nitrogen and oxygen atoms in total. The Morgan fingerprint density at radius 1 is 0.895 bits per heavy atom. The summed E-state index contributed by atoms with van der Waals surface area (Å²) in [4.78, 5) is 0. The number of halogens is 1. The van der Waals surface area contributed by atoms with Crippen LogP contribution in [0.5, 0.6) is 0 Å². The predicted octanol–water partition coefficient (Wildman–Crippen LogP) is 8.11. The molecular formula is C34H30FN2O+. The minimum Gasteiger partial charge on any atom is -0.454 e. The average molecular weight is 506 g/mol. The summed E-state index contributed by atoms with van der Waals surface area (Å²) in [6.07, 6.45) is 0.161. The molecule has 6 aromatic rings. The maximum atomic E-state index is 15.7. The molecule has 38 heavy (non-hydrogen) atoms. The summed E-state index contributed by atoms with van der Waals surface area (Å²) in [6.45, 7) is 5.23. The van der Waals surface area contributed by atoms with Gasteiger partial charge >= 0.3 is 0 Å². The molecule has 0 aliphatic heterocycles. The van der Waals surface area contributed by atoms with Gasteiger partial charge in [-0.25, -0.2) is 8.96 Å². The zero-order chi connectivity index (χ0) is 29.8. The van der Waals surface area contributed by atoms with E-state index < -0.39 is 24.0 Å². The van der Waals surface area contributed by atoms with Gasteiger partial charge in [-0.15, -0.1) is 0 Å². The van der Waals surface area contributed by atoms with Crippen LogP contribution in [0.1, 0.15) is 36.0 Å². The molecule has 4 aromatic carbocycles. The molecule has 0 unspecified atom stereocenters. The van der Waals surface area contributed by atoms with Crippen molar-refractivity contribution in [2.45, 2.75) is 33.5 Å². The fourth-order valence-corrected chi connectivity index (χ4v) is 5.71. The molecule has 0 saturated carbocycles. The molecule has 0 saturated heterocycles. The van der Waals surface area contributed by atoms with Gasteiger partial charge in [-0.3, -0.25) is 0 Å². The lowest BCUT2D eigenvalue weighted by Crippen LogP contribution is -2.29. The zero-order valence-corrected chi connectivity index (χ0v) is 21.8. The molecule has 7 rings (SSSR count). The maximum Gasteiger partial charge on any atom is 0.297 e. The van der Waals surface area contributed by atoms with Gasteiger partial charge in [-0.1, -0.05) is 62.4 Å². The van der Waals surface area contributed by atoms with E-state index in [2.05, 4.69) is 4.57 Å². The van der Waals surface area contributed by atoms with Crippen molar-refractivity contribution < 1.29 is 18.9 Å². The van der Waals surface area contributed by atoms with Crippen LogP contribution >= 0.6 is 0 Å². The van der Waals surface area contributed by atoms with E-state index in [4.69, 9.17) is 9.90 Å². The molecule has 0 spiro atoms. The second-order valence-electron chi connectivity index (χ2n) is 10.6. The number of aromatic nitrogens is 2. The third kappa shape index (κ3) is 3.43. The number of nitrogens with zero attached hydrogens (tertiary/aromatic N) is 2. The van der Waals surface area contributed by atoms with E-state index in [0.29, 0.717) is 22.3 Å². The van der Waals surface area contributed by atoms with Gasteiger partial charge in [0.05, 0.1) is 12.6 Å². The Balaban J connectivity index is 1.50. The number of hydrogen-bond acceptors (Lipinski definition) is 1. The van der Waals surface area contributed by atoms with E-state index in [9.17, 15) is 0 Å². The Hall–Kier alpha value is -4.18. The molecule has 0 N–H and O–H groups in total. The van der Waals surface area contributed by atoms with Gasteiger partial charge in [0.1, 0.15) is 35.0 Å². The normalized spacial score (nSPS) is 18.7. The Bertz CT molecular complexity index is 2060. The molecular weight excluding hydrogens is 471 g/mol. The quantitative estimate of drug-likeness (QED) is 0.223. The Morgan fingerprint density at radius 3 is 2.39 bits per heavy atom. The Labute approximate surface area is 227 Å². The van der Waals surface area contributed by atoms with Crippen molar-refractivity contribution in [2.24, 2.45) is 12.5 Å². The summed E-state index contributed by atoms with van der Waals surface area (Å²) in [5, 5.41) is 1.60. The van der Waals surface area contributed by atoms with Crippen molar-refractivity contribution in [3.63, 3.8) is 0 Å². The van der Waals surface area contributed by atoms with Crippen LogP contribution in [-0.4, -0.2) is 4.57 Å². The molecule has 2 aromatic heterocycles. The van der Waals surface area contributed by atoms with Crippen LogP contribution in [0.3, 0.4) is 0 Å². The molecule has 0 radical (unpaired) electrons. The highest BCUT2D eigenvalue weighted by Crippen LogP contribution is 2.44. The average Bonchev–Trinajstić information content (AvgIpc) is 3.55. The van der Waals surface area contributed by atoms with Crippen molar-refractivity contribution in [1.29, 1.82) is 0 Å². The topological polar surface area (TPSA) is 21.9 Å². The first-order valence-corrected chi connectivity index (χ1v) is 12.8. The SMILES string of the molecule is [2H]C1([2H])c2ccc(-c3c(F)ccc4c3oc3c(-c5n(-c6ccccc6)cc[n+]5C)c(C)ccc34)cc2C([2H])([2H])C1(C)C. The summed E-state index contributed by atoms with van der Waals surface area (Å²) in [5.41, 5.74) is 3.83. The van der Waals surface area contributed by atoms with Crippen molar-refractivity contribution in [1.82, 2.24) is 4.57 Å². The summed E-state index contributed by atoms with van der Waals surface area (Å²) in [5.74, 6) is 0.430. The number of fused-ring (bicyclic) bond motifs is 4. The third-order valence-corrected chi connectivity index (χ3v) is 7.43. The Kier molecular flexibility index (Phi) is 4.07. The van der Waals surface area contributed by atoms with Crippen molar-refractivity contribution in [3.8, 4) is 28.2 Å². The van der Waals surface area contributed by atoms with Gasteiger partial charge in [-0.05, 0) is 71.6 Å². The number of furan rings is 1. The lowest BCUT2D eigenvalue weighted by molar-refractivity contribution is -0.659. The summed E-state index contributed by atoms with van der Waals surface area (Å²) in [7, 11) is 1.99. The monoisotopic (exact) mass is 505 g/mol. The second kappa shape index (κ2) is 8.16. The fourth-order valence-electron chi connectivity index (χ4n) is 5.71. The first kappa shape index (κ1) is 19.0. The van der Waals surface area contributed by atoms with Crippen LogP contribution < -0.4 is 4.57 Å². The first-order valence-electron chi connectivity index (χ1n) is 14.8. The minimum absolute atomic E-state index is 0.235. The van der Waals surface area contributed by atoms with E-state index in [1.54, 1.807) is 38.1 Å². The number of rotatable bonds is 3. The maximum absolute atomic E-state index is 15.7. The molecule has 0 bridgehead atoms. The third-order valence-electron chi connectivity index (χ3n) is 7.43. The molecule has 0 atom stereocenters. The van der Waals surface area contributed by atoms with E-state index in [1.165, 1.54) is 6.07 Å². The zero-order valence-electron chi connectivity index (χ0n) is 25.8. The highest BCUT2D eigenvalue weighted by Gasteiger charge is 2.30. The van der Waals surface area contributed by atoms with E-state index in [0.717, 1.165) is 33.4 Å². The molecule has 4 heteroatoms. The summed E-state index contributed by atoms with van der Waals surface area (Å²) < 4.78 is 61.6. The molecule has 1 aliphatic carbocycles. The van der Waals surface area contributed by atoms with E-state index in [1.807, 2.05) is 73.4 Å². The predicted molar refractivity (Wildman–Crippen MR) is 151 cm³/mol. The standard InChI is InChI=1S/C34H30FN2O/c1-21-10-13-26-27-14-15-28(35)30(22-11-12-23-19-34(2,3)20-24(23)18-22)32(27)38-31(26)29(21)33-36(4)16-17-37(33)25-8-6-5-7-9-25/h5-18H,19-20H2,1-4H3/q+1/i19D2,20D2. The molecule has 0 amide bonds. The van der Waals surface area contributed by atoms with Crippen molar-refractivity contribution >= 4 is 21.9 Å². The van der Waals surface area contributed by atoms with Gasteiger partial charge in [0.2, 0.25) is 0 Å². The molecule has 0 fully saturated rings. The molecule has 188 valence electrons. The largest absolute Gasteiger partial charge is 0.454 e. The number of aryl methyl sites for hydroxylation is 2. The van der Waals surface area contributed by atoms with Crippen LogP contribution in [0.25, 0.3) is 50.1 Å². The van der Waals surface area contributed by atoms with Gasteiger partial charge in [0, 0.05) is 16.3 Å². The van der Waals surface area contributed by atoms with E-state index >= 15 is 4.39 Å². The van der Waals surface area contributed by atoms with Crippen molar-refractivity contribution in [2.75, 3.05) is 0 Å². The summed E-state index contributed by atoms with van der Waals surface area (Å²) >= 11 is 0.